The van der Waals surface area contributed by atoms with Crippen molar-refractivity contribution in [2.24, 2.45) is 0 Å². The van der Waals surface area contributed by atoms with Crippen molar-refractivity contribution in [2.45, 2.75) is 32.2 Å². The third-order valence-electron chi connectivity index (χ3n) is 3.69. The second-order valence-corrected chi connectivity index (χ2v) is 5.08. The summed E-state index contributed by atoms with van der Waals surface area (Å²) in [7, 11) is 0. The van der Waals surface area contributed by atoms with E-state index in [1.165, 1.54) is 11.5 Å². The van der Waals surface area contributed by atoms with Crippen molar-refractivity contribution in [3.05, 3.63) is 34.3 Å². The number of rotatable bonds is 1. The van der Waals surface area contributed by atoms with Crippen molar-refractivity contribution in [1.29, 1.82) is 0 Å². The van der Waals surface area contributed by atoms with Crippen LogP contribution in [0.15, 0.2) is 22.9 Å². The van der Waals surface area contributed by atoms with Gasteiger partial charge in [-0.3, -0.25) is 19.0 Å². The molecule has 0 amide bonds. The van der Waals surface area contributed by atoms with E-state index in [9.17, 15) is 14.4 Å². The highest BCUT2D eigenvalue weighted by atomic mass is 16.2. The Kier molecular flexibility index (Phi) is 2.35. The van der Waals surface area contributed by atoms with E-state index >= 15 is 0 Å². The number of carbonyl (C=O) groups excluding carboxylic acids is 2. The van der Waals surface area contributed by atoms with Gasteiger partial charge in [-0.2, -0.15) is 0 Å². The van der Waals surface area contributed by atoms with Crippen molar-refractivity contribution in [3.8, 4) is 0 Å². The molecule has 3 rings (SSSR count). The monoisotopic (exact) mass is 288 g/mol. The van der Waals surface area contributed by atoms with Crippen molar-refractivity contribution in [1.82, 2.24) is 9.55 Å². The second-order valence-electron chi connectivity index (χ2n) is 5.08. The normalized spacial score (nSPS) is 21.2. The molecule has 0 bridgehead atoms. The predicted molar refractivity (Wildman–Crippen MR) is 78.1 cm³/mol. The van der Waals surface area contributed by atoms with Crippen LogP contribution in [0.4, 0.5) is 5.69 Å². The van der Waals surface area contributed by atoms with Crippen molar-refractivity contribution in [3.63, 3.8) is 0 Å². The second kappa shape index (κ2) is 4.80. The third-order valence-corrected chi connectivity index (χ3v) is 3.69. The van der Waals surface area contributed by atoms with Gasteiger partial charge in [-0.15, -0.1) is 0 Å². The van der Waals surface area contributed by atoms with Gasteiger partial charge in [0, 0.05) is 12.1 Å². The first-order chi connectivity index (χ1) is 11.2. The summed E-state index contributed by atoms with van der Waals surface area (Å²) in [6.45, 7) is 1.53. The van der Waals surface area contributed by atoms with Gasteiger partial charge >= 0.3 is 0 Å². The summed E-state index contributed by atoms with van der Waals surface area (Å²) in [4.78, 5) is 40.6. The van der Waals surface area contributed by atoms with Crippen LogP contribution >= 0.6 is 0 Å². The summed E-state index contributed by atoms with van der Waals surface area (Å²) >= 11 is 0. The van der Waals surface area contributed by atoms with Gasteiger partial charge in [-0.1, -0.05) is 6.04 Å². The molecule has 0 saturated heterocycles. The first-order valence-corrected chi connectivity index (χ1v) is 6.56. The number of benzene rings is 1. The van der Waals surface area contributed by atoms with E-state index in [-0.39, 0.29) is 59.3 Å². The number of fused-ring (bicyclic) bond motifs is 1. The van der Waals surface area contributed by atoms with Crippen LogP contribution in [-0.4, -0.2) is 21.1 Å². The Morgan fingerprint density at radius 1 is 1.38 bits per heavy atom. The van der Waals surface area contributed by atoms with Crippen LogP contribution in [0.1, 0.15) is 35.2 Å². The van der Waals surface area contributed by atoms with Crippen LogP contribution in [0.3, 0.4) is 0 Å². The number of aromatic nitrogens is 2. The molecule has 6 nitrogen and oxygen atoms in total. The van der Waals surface area contributed by atoms with E-state index in [4.69, 9.17) is 9.85 Å². The Bertz CT molecular complexity index is 968. The first-order valence-electron chi connectivity index (χ1n) is 8.06. The number of Topliss-reactive ketones (excluding diaryl/α,β-unsaturated/α-hetero) is 2. The summed E-state index contributed by atoms with van der Waals surface area (Å²) in [6, 6.07) is -1.96. The Balaban J connectivity index is 2.34. The lowest BCUT2D eigenvalue weighted by Crippen LogP contribution is -2.36. The minimum atomic E-state index is -0.800. The average molecular weight is 288 g/mol. The molecule has 1 heterocycles. The van der Waals surface area contributed by atoms with Gasteiger partial charge in [0.25, 0.3) is 5.56 Å². The van der Waals surface area contributed by atoms with Crippen LogP contribution in [0, 0.1) is 6.92 Å². The van der Waals surface area contributed by atoms with Gasteiger partial charge in [0.15, 0.2) is 5.78 Å². The van der Waals surface area contributed by atoms with Crippen LogP contribution in [0.5, 0.6) is 0 Å². The lowest BCUT2D eigenvalue weighted by molar-refractivity contribution is -0.132. The Hall–Kier alpha value is -2.50. The van der Waals surface area contributed by atoms with E-state index in [2.05, 4.69) is 4.98 Å². The fraction of sp³-hybridized carbons (Fsp3) is 0.333. The van der Waals surface area contributed by atoms with E-state index in [1.807, 2.05) is 0 Å². The molecular formula is C15H15N3O3. The number of nitrogen functional groups attached to an aromatic ring is 1. The number of aryl methyl sites for hydroxylation is 1. The summed E-state index contributed by atoms with van der Waals surface area (Å²) in [6.07, 6.45) is 0.196. The quantitative estimate of drug-likeness (QED) is 0.627. The number of hydrogen-bond acceptors (Lipinski definition) is 5. The number of nitrogens with zero attached hydrogens (tertiary/aromatic N) is 2. The number of ketones is 2. The van der Waals surface area contributed by atoms with Crippen molar-refractivity contribution < 1.29 is 13.7 Å². The van der Waals surface area contributed by atoms with Gasteiger partial charge in [-0.05, 0) is 25.4 Å². The van der Waals surface area contributed by atoms with Crippen molar-refractivity contribution in [2.75, 3.05) is 5.73 Å². The van der Waals surface area contributed by atoms with Crippen LogP contribution in [-0.2, 0) is 9.59 Å². The molecule has 1 aliphatic carbocycles. The fourth-order valence-corrected chi connectivity index (χ4v) is 2.69. The molecule has 2 aromatic rings. The van der Waals surface area contributed by atoms with Gasteiger partial charge in [-0.25, -0.2) is 4.98 Å². The molecule has 0 spiro atoms. The highest BCUT2D eigenvalue weighted by Gasteiger charge is 2.30. The first kappa shape index (κ1) is 10.3. The minimum absolute atomic E-state index is 0.0495. The molecule has 108 valence electrons. The highest BCUT2D eigenvalue weighted by molar-refractivity contribution is 6.03. The van der Waals surface area contributed by atoms with Crippen molar-refractivity contribution >= 4 is 28.2 Å². The predicted octanol–water partition coefficient (Wildman–Crippen LogP) is 1.15. The molecule has 21 heavy (non-hydrogen) atoms. The van der Waals surface area contributed by atoms with Crippen LogP contribution < -0.4 is 11.3 Å². The standard InChI is InChI=1S/C15H15N3O3/c1-8-17-11-4-2-3-10(16)14(11)15(21)18(8)12-6-5-9(19)7-13(12)20/h2-4,12H,5-7,16H2,1H3/i2D,3D,4D. The summed E-state index contributed by atoms with van der Waals surface area (Å²) in [5.41, 5.74) is 4.92. The Morgan fingerprint density at radius 3 is 2.86 bits per heavy atom. The number of hydrogen-bond donors (Lipinski definition) is 1. The van der Waals surface area contributed by atoms with Gasteiger partial charge < -0.3 is 5.73 Å². The fourth-order valence-electron chi connectivity index (χ4n) is 2.69. The third kappa shape index (κ3) is 2.12. The lowest BCUT2D eigenvalue weighted by Gasteiger charge is -2.24. The molecule has 0 radical (unpaired) electrons. The largest absolute Gasteiger partial charge is 0.398 e. The molecule has 1 saturated carbocycles. The zero-order chi connectivity index (χ0) is 17.8. The molecule has 6 heteroatoms. The SMILES string of the molecule is [2H]c1c([2H])c(N)c2c(=O)n(C3CCC(=O)CC3=O)c(C)nc2c1[2H]. The molecule has 1 atom stereocenters. The van der Waals surface area contributed by atoms with Gasteiger partial charge in [0.05, 0.1) is 27.5 Å². The smallest absolute Gasteiger partial charge is 0.264 e. The number of anilines is 1. The van der Waals surface area contributed by atoms with E-state index in [0.29, 0.717) is 0 Å². The van der Waals surface area contributed by atoms with E-state index < -0.39 is 23.7 Å². The average Bonchev–Trinajstić information content (AvgIpc) is 2.52. The van der Waals surface area contributed by atoms with Gasteiger partial charge in [0.2, 0.25) is 0 Å². The molecule has 2 N–H and O–H groups in total. The Morgan fingerprint density at radius 2 is 2.14 bits per heavy atom. The summed E-state index contributed by atoms with van der Waals surface area (Å²) < 4.78 is 24.6. The van der Waals surface area contributed by atoms with Crippen LogP contribution in [0.2, 0.25) is 0 Å². The molecule has 1 aromatic carbocycles. The lowest BCUT2D eigenvalue weighted by atomic mass is 9.92. The topological polar surface area (TPSA) is 95.0 Å². The van der Waals surface area contributed by atoms with E-state index in [0.717, 1.165) is 0 Å². The molecule has 1 unspecified atom stereocenters. The zero-order valence-corrected chi connectivity index (χ0v) is 11.4. The Labute approximate surface area is 124 Å². The minimum Gasteiger partial charge on any atom is -0.398 e. The maximum absolute atomic E-state index is 12.9. The number of carbonyl (C=O) groups is 2. The van der Waals surface area contributed by atoms with Crippen LogP contribution in [0.25, 0.3) is 10.9 Å². The molecular weight excluding hydrogens is 270 g/mol. The maximum atomic E-state index is 12.9. The van der Waals surface area contributed by atoms with E-state index in [1.54, 1.807) is 0 Å². The molecule has 0 aliphatic heterocycles. The molecule has 1 fully saturated rings. The molecule has 1 aromatic heterocycles. The van der Waals surface area contributed by atoms with Gasteiger partial charge in [0.1, 0.15) is 11.6 Å². The number of nitrogens with two attached hydrogens (primary N) is 1. The molecule has 1 aliphatic rings. The summed E-state index contributed by atoms with van der Waals surface area (Å²) in [5, 5.41) is -0.128. The maximum Gasteiger partial charge on any atom is 0.264 e. The zero-order valence-electron chi connectivity index (χ0n) is 14.4. The summed E-state index contributed by atoms with van der Waals surface area (Å²) in [5.74, 6) is -0.299. The highest BCUT2D eigenvalue weighted by Crippen LogP contribution is 2.24.